The molecule has 0 bridgehead atoms. The van der Waals surface area contributed by atoms with Crippen molar-refractivity contribution in [2.75, 3.05) is 0 Å². The number of amides is 2. The molecule has 0 heterocycles. The zero-order valence-electron chi connectivity index (χ0n) is 16.5. The summed E-state index contributed by atoms with van der Waals surface area (Å²) < 4.78 is 5.59. The summed E-state index contributed by atoms with van der Waals surface area (Å²) in [7, 11) is 0. The average Bonchev–Trinajstić information content (AvgIpc) is 2.68. The highest BCUT2D eigenvalue weighted by Crippen LogP contribution is 2.16. The van der Waals surface area contributed by atoms with E-state index in [0.29, 0.717) is 16.9 Å². The van der Waals surface area contributed by atoms with E-state index in [-0.39, 0.29) is 11.8 Å². The van der Waals surface area contributed by atoms with E-state index >= 15 is 0 Å². The van der Waals surface area contributed by atoms with Crippen LogP contribution in [-0.2, 0) is 9.59 Å². The highest BCUT2D eigenvalue weighted by Gasteiger charge is 2.19. The molecule has 0 saturated heterocycles. The van der Waals surface area contributed by atoms with Crippen LogP contribution < -0.4 is 15.4 Å². The minimum atomic E-state index is -1.18. The van der Waals surface area contributed by atoms with E-state index in [9.17, 15) is 14.4 Å². The van der Waals surface area contributed by atoms with Crippen LogP contribution in [0.1, 0.15) is 36.7 Å². The number of ether oxygens (including phenoxy) is 1. The van der Waals surface area contributed by atoms with Gasteiger partial charge in [0, 0.05) is 5.56 Å². The highest BCUT2D eigenvalue weighted by molar-refractivity contribution is 6.06. The number of carboxylic acid groups (broad SMARTS) is 1. The molecule has 2 rings (SSSR count). The van der Waals surface area contributed by atoms with E-state index in [2.05, 4.69) is 10.6 Å². The molecule has 152 valence electrons. The predicted octanol–water partition coefficient (Wildman–Crippen LogP) is 2.83. The SMILES string of the molecule is CC(C)Oc1ccc(C=C(NC(=O)c2ccccc2)C(=O)N[C@@H](C)C(=O)O)cc1. The van der Waals surface area contributed by atoms with Crippen molar-refractivity contribution in [2.45, 2.75) is 32.9 Å². The van der Waals surface area contributed by atoms with Crippen LogP contribution in [0.2, 0.25) is 0 Å². The molecule has 0 aliphatic carbocycles. The number of carbonyl (C=O) groups is 3. The van der Waals surface area contributed by atoms with Gasteiger partial charge in [0.15, 0.2) is 0 Å². The van der Waals surface area contributed by atoms with Crippen LogP contribution in [0.25, 0.3) is 6.08 Å². The zero-order valence-corrected chi connectivity index (χ0v) is 16.5. The minimum Gasteiger partial charge on any atom is -0.491 e. The second-order valence-electron chi connectivity index (χ2n) is 6.65. The van der Waals surface area contributed by atoms with Crippen molar-refractivity contribution in [3.05, 3.63) is 71.4 Å². The average molecular weight is 396 g/mol. The largest absolute Gasteiger partial charge is 0.491 e. The van der Waals surface area contributed by atoms with Gasteiger partial charge < -0.3 is 20.5 Å². The first-order valence-electron chi connectivity index (χ1n) is 9.14. The summed E-state index contributed by atoms with van der Waals surface area (Å²) in [4.78, 5) is 36.1. The van der Waals surface area contributed by atoms with Crippen LogP contribution in [0.4, 0.5) is 0 Å². The summed E-state index contributed by atoms with van der Waals surface area (Å²) in [6, 6.07) is 14.3. The van der Waals surface area contributed by atoms with Gasteiger partial charge in [0.25, 0.3) is 11.8 Å². The molecular formula is C22H24N2O5. The van der Waals surface area contributed by atoms with Gasteiger partial charge in [-0.1, -0.05) is 30.3 Å². The first-order chi connectivity index (χ1) is 13.8. The van der Waals surface area contributed by atoms with Crippen LogP contribution >= 0.6 is 0 Å². The maximum atomic E-state index is 12.6. The first kappa shape index (κ1) is 21.7. The van der Waals surface area contributed by atoms with Gasteiger partial charge in [-0.15, -0.1) is 0 Å². The number of hydrogen-bond donors (Lipinski definition) is 3. The lowest BCUT2D eigenvalue weighted by atomic mass is 10.1. The molecule has 0 unspecified atom stereocenters. The van der Waals surface area contributed by atoms with Crippen LogP contribution in [0.5, 0.6) is 5.75 Å². The third kappa shape index (κ3) is 6.80. The van der Waals surface area contributed by atoms with Gasteiger partial charge in [-0.3, -0.25) is 14.4 Å². The number of carbonyl (C=O) groups excluding carboxylic acids is 2. The second-order valence-corrected chi connectivity index (χ2v) is 6.65. The lowest BCUT2D eigenvalue weighted by Crippen LogP contribution is -2.42. The molecule has 7 heteroatoms. The number of aliphatic carboxylic acids is 1. The van der Waals surface area contributed by atoms with Crippen LogP contribution in [0.3, 0.4) is 0 Å². The maximum absolute atomic E-state index is 12.6. The quantitative estimate of drug-likeness (QED) is 0.595. The van der Waals surface area contributed by atoms with Crippen molar-refractivity contribution in [1.29, 1.82) is 0 Å². The number of benzene rings is 2. The Labute approximate surface area is 169 Å². The fourth-order valence-corrected chi connectivity index (χ4v) is 2.36. The van der Waals surface area contributed by atoms with Crippen molar-refractivity contribution in [3.8, 4) is 5.75 Å². The van der Waals surface area contributed by atoms with Gasteiger partial charge in [-0.2, -0.15) is 0 Å². The summed E-state index contributed by atoms with van der Waals surface area (Å²) >= 11 is 0. The summed E-state index contributed by atoms with van der Waals surface area (Å²) in [5, 5.41) is 13.9. The lowest BCUT2D eigenvalue weighted by molar-refractivity contribution is -0.140. The van der Waals surface area contributed by atoms with Crippen molar-refractivity contribution in [3.63, 3.8) is 0 Å². The van der Waals surface area contributed by atoms with Gasteiger partial charge in [-0.25, -0.2) is 0 Å². The molecule has 0 fully saturated rings. The number of carboxylic acids is 1. The molecule has 0 spiro atoms. The monoisotopic (exact) mass is 396 g/mol. The molecule has 3 N–H and O–H groups in total. The predicted molar refractivity (Wildman–Crippen MR) is 109 cm³/mol. The Bertz CT molecular complexity index is 889. The van der Waals surface area contributed by atoms with E-state index in [1.165, 1.54) is 13.0 Å². The third-order valence-electron chi connectivity index (χ3n) is 3.81. The first-order valence-corrected chi connectivity index (χ1v) is 9.14. The molecule has 7 nitrogen and oxygen atoms in total. The van der Waals surface area contributed by atoms with E-state index in [1.54, 1.807) is 54.6 Å². The normalized spacial score (nSPS) is 12.2. The topological polar surface area (TPSA) is 105 Å². The Kier molecular flexibility index (Phi) is 7.54. The molecule has 2 amide bonds. The lowest BCUT2D eigenvalue weighted by Gasteiger charge is -2.14. The molecule has 2 aromatic carbocycles. The molecule has 29 heavy (non-hydrogen) atoms. The Hall–Kier alpha value is -3.61. The summed E-state index contributed by atoms with van der Waals surface area (Å²) in [6.45, 7) is 5.17. The van der Waals surface area contributed by atoms with Gasteiger partial charge in [0.05, 0.1) is 6.10 Å². The fraction of sp³-hybridized carbons (Fsp3) is 0.227. The minimum absolute atomic E-state index is 0.0281. The van der Waals surface area contributed by atoms with E-state index in [1.807, 2.05) is 13.8 Å². The van der Waals surface area contributed by atoms with Gasteiger partial charge in [-0.05, 0) is 56.7 Å². The molecule has 0 aromatic heterocycles. The summed E-state index contributed by atoms with van der Waals surface area (Å²) in [6.07, 6.45) is 1.50. The molecule has 0 aliphatic heterocycles. The Morgan fingerprint density at radius 2 is 1.59 bits per heavy atom. The van der Waals surface area contributed by atoms with Crippen molar-refractivity contribution >= 4 is 23.9 Å². The zero-order chi connectivity index (χ0) is 21.4. The number of nitrogens with one attached hydrogen (secondary N) is 2. The van der Waals surface area contributed by atoms with E-state index in [4.69, 9.17) is 9.84 Å². The molecule has 0 saturated carbocycles. The van der Waals surface area contributed by atoms with E-state index in [0.717, 1.165) is 0 Å². The molecule has 0 radical (unpaired) electrons. The smallest absolute Gasteiger partial charge is 0.325 e. The second kappa shape index (κ2) is 10.1. The van der Waals surface area contributed by atoms with Crippen molar-refractivity contribution < 1.29 is 24.2 Å². The maximum Gasteiger partial charge on any atom is 0.325 e. The summed E-state index contributed by atoms with van der Waals surface area (Å²) in [5.74, 6) is -1.68. The molecular weight excluding hydrogens is 372 g/mol. The Morgan fingerprint density at radius 3 is 2.14 bits per heavy atom. The van der Waals surface area contributed by atoms with Gasteiger partial charge >= 0.3 is 5.97 Å². The molecule has 1 atom stereocenters. The van der Waals surface area contributed by atoms with E-state index < -0.39 is 23.8 Å². The molecule has 2 aromatic rings. The van der Waals surface area contributed by atoms with Crippen molar-refractivity contribution in [1.82, 2.24) is 10.6 Å². The van der Waals surface area contributed by atoms with Gasteiger partial charge in [0.2, 0.25) is 0 Å². The third-order valence-corrected chi connectivity index (χ3v) is 3.81. The highest BCUT2D eigenvalue weighted by atomic mass is 16.5. The Balaban J connectivity index is 2.27. The number of rotatable bonds is 8. The van der Waals surface area contributed by atoms with Gasteiger partial charge in [0.1, 0.15) is 17.5 Å². The standard InChI is InChI=1S/C22H24N2O5/c1-14(2)29-18-11-9-16(10-12-18)13-19(21(26)23-15(3)22(27)28)24-20(25)17-7-5-4-6-8-17/h4-15H,1-3H3,(H,23,26)(H,24,25)(H,27,28)/t15-/m0/s1. The van der Waals surface area contributed by atoms with Crippen LogP contribution in [0.15, 0.2) is 60.3 Å². The van der Waals surface area contributed by atoms with Crippen LogP contribution in [-0.4, -0.2) is 35.0 Å². The fourth-order valence-electron chi connectivity index (χ4n) is 2.36. The summed E-state index contributed by atoms with van der Waals surface area (Å²) in [5.41, 5.74) is 0.949. The van der Waals surface area contributed by atoms with Crippen LogP contribution in [0, 0.1) is 0 Å². The van der Waals surface area contributed by atoms with Crippen molar-refractivity contribution in [2.24, 2.45) is 0 Å². The molecule has 0 aliphatic rings. The number of hydrogen-bond acceptors (Lipinski definition) is 4. The Morgan fingerprint density at radius 1 is 0.966 bits per heavy atom.